The van der Waals surface area contributed by atoms with Gasteiger partial charge < -0.3 is 15.5 Å². The van der Waals surface area contributed by atoms with Gasteiger partial charge >= 0.3 is 0 Å². The highest BCUT2D eigenvalue weighted by Gasteiger charge is 2.11. The maximum Gasteiger partial charge on any atom is 0.253 e. The molecule has 2 rings (SSSR count). The summed E-state index contributed by atoms with van der Waals surface area (Å²) in [4.78, 5) is 18.9. The van der Waals surface area contributed by atoms with Crippen LogP contribution in [0.2, 0.25) is 0 Å². The predicted molar refractivity (Wildman–Crippen MR) is 121 cm³/mol. The summed E-state index contributed by atoms with van der Waals surface area (Å²) >= 11 is 0. The summed E-state index contributed by atoms with van der Waals surface area (Å²) < 4.78 is 0. The number of nitrogens with one attached hydrogen (secondary N) is 2. The SMILES string of the molecule is CCNC(=NCc1ccc(C(=O)N(CC)CC)cc1)NCc1ccccc1CC. The first-order valence-electron chi connectivity index (χ1n) is 10.6. The standard InChI is InChI=1S/C24H34N4O/c1-5-20-11-9-10-12-22(20)18-27-24(25-6-2)26-17-19-13-15-21(16-14-19)23(29)28(7-3)8-4/h9-16H,5-8,17-18H2,1-4H3,(H2,25,26,27). The molecule has 0 atom stereocenters. The molecule has 0 aliphatic rings. The Morgan fingerprint density at radius 1 is 0.897 bits per heavy atom. The molecule has 0 unspecified atom stereocenters. The molecule has 5 heteroatoms. The maximum absolute atomic E-state index is 12.4. The number of carbonyl (C=O) groups is 1. The lowest BCUT2D eigenvalue weighted by Crippen LogP contribution is -2.37. The lowest BCUT2D eigenvalue weighted by molar-refractivity contribution is 0.0773. The largest absolute Gasteiger partial charge is 0.357 e. The number of benzene rings is 2. The van der Waals surface area contributed by atoms with Crippen LogP contribution in [-0.4, -0.2) is 36.4 Å². The fraction of sp³-hybridized carbons (Fsp3) is 0.417. The van der Waals surface area contributed by atoms with Crippen LogP contribution in [0.3, 0.4) is 0 Å². The van der Waals surface area contributed by atoms with E-state index in [4.69, 9.17) is 4.99 Å². The molecule has 0 saturated carbocycles. The summed E-state index contributed by atoms with van der Waals surface area (Å²) in [6.45, 7) is 11.8. The average molecular weight is 395 g/mol. The van der Waals surface area contributed by atoms with E-state index in [0.29, 0.717) is 6.54 Å². The lowest BCUT2D eigenvalue weighted by Gasteiger charge is -2.18. The van der Waals surface area contributed by atoms with Crippen molar-refractivity contribution in [3.05, 3.63) is 70.8 Å². The molecule has 0 aliphatic carbocycles. The van der Waals surface area contributed by atoms with Gasteiger partial charge in [-0.25, -0.2) is 4.99 Å². The molecule has 0 radical (unpaired) electrons. The first kappa shape index (κ1) is 22.5. The molecule has 2 aromatic carbocycles. The van der Waals surface area contributed by atoms with E-state index in [1.165, 1.54) is 11.1 Å². The number of hydrogen-bond acceptors (Lipinski definition) is 2. The van der Waals surface area contributed by atoms with Gasteiger partial charge in [-0.1, -0.05) is 43.3 Å². The van der Waals surface area contributed by atoms with E-state index in [-0.39, 0.29) is 5.91 Å². The zero-order valence-corrected chi connectivity index (χ0v) is 18.2. The summed E-state index contributed by atoms with van der Waals surface area (Å²) in [5.74, 6) is 0.872. The van der Waals surface area contributed by atoms with Crippen molar-refractivity contribution in [1.29, 1.82) is 0 Å². The van der Waals surface area contributed by atoms with Gasteiger partial charge in [0.2, 0.25) is 0 Å². The van der Waals surface area contributed by atoms with E-state index in [9.17, 15) is 4.79 Å². The smallest absolute Gasteiger partial charge is 0.253 e. The molecule has 2 aromatic rings. The third-order valence-corrected chi connectivity index (χ3v) is 4.96. The summed E-state index contributed by atoms with van der Waals surface area (Å²) in [7, 11) is 0. The molecule has 5 nitrogen and oxygen atoms in total. The third-order valence-electron chi connectivity index (χ3n) is 4.96. The van der Waals surface area contributed by atoms with Gasteiger partial charge in [0.1, 0.15) is 0 Å². The van der Waals surface area contributed by atoms with Gasteiger partial charge in [-0.15, -0.1) is 0 Å². The Morgan fingerprint density at radius 3 is 2.14 bits per heavy atom. The quantitative estimate of drug-likeness (QED) is 0.499. The first-order chi connectivity index (χ1) is 14.1. The number of nitrogens with zero attached hydrogens (tertiary/aromatic N) is 2. The molecule has 29 heavy (non-hydrogen) atoms. The topological polar surface area (TPSA) is 56.7 Å². The van der Waals surface area contributed by atoms with Crippen LogP contribution in [0.1, 0.15) is 54.7 Å². The number of carbonyl (C=O) groups excluding carboxylic acids is 1. The van der Waals surface area contributed by atoms with Gasteiger partial charge in [-0.2, -0.15) is 0 Å². The minimum Gasteiger partial charge on any atom is -0.357 e. The fourth-order valence-corrected chi connectivity index (χ4v) is 3.21. The van der Waals surface area contributed by atoms with Gasteiger partial charge in [-0.05, 0) is 56.0 Å². The predicted octanol–water partition coefficient (Wildman–Crippen LogP) is 3.99. The first-order valence-corrected chi connectivity index (χ1v) is 10.6. The monoisotopic (exact) mass is 394 g/mol. The Labute approximate surface area is 175 Å². The van der Waals surface area contributed by atoms with Gasteiger partial charge in [0.15, 0.2) is 5.96 Å². The van der Waals surface area contributed by atoms with E-state index in [0.717, 1.165) is 49.7 Å². The van der Waals surface area contributed by atoms with Crippen LogP contribution < -0.4 is 10.6 Å². The van der Waals surface area contributed by atoms with Crippen molar-refractivity contribution < 1.29 is 4.79 Å². The minimum absolute atomic E-state index is 0.0784. The summed E-state index contributed by atoms with van der Waals surface area (Å²) in [5.41, 5.74) is 4.44. The van der Waals surface area contributed by atoms with E-state index >= 15 is 0 Å². The third kappa shape index (κ3) is 6.63. The van der Waals surface area contributed by atoms with Gasteiger partial charge in [0.25, 0.3) is 5.91 Å². The second-order valence-corrected chi connectivity index (χ2v) is 6.85. The number of guanidine groups is 1. The number of hydrogen-bond donors (Lipinski definition) is 2. The molecule has 0 heterocycles. The maximum atomic E-state index is 12.4. The molecule has 0 aliphatic heterocycles. The van der Waals surface area contributed by atoms with Crippen molar-refractivity contribution >= 4 is 11.9 Å². The van der Waals surface area contributed by atoms with Crippen LogP contribution in [-0.2, 0) is 19.5 Å². The Bertz CT molecular complexity index is 795. The molecular weight excluding hydrogens is 360 g/mol. The van der Waals surface area contributed by atoms with Crippen LogP contribution in [0, 0.1) is 0 Å². The van der Waals surface area contributed by atoms with Crippen molar-refractivity contribution in [3.63, 3.8) is 0 Å². The Kier molecular flexibility index (Phi) is 9.22. The average Bonchev–Trinajstić information content (AvgIpc) is 2.77. The van der Waals surface area contributed by atoms with Crippen molar-refractivity contribution in [2.45, 2.75) is 47.2 Å². The van der Waals surface area contributed by atoms with Gasteiger partial charge in [-0.3, -0.25) is 4.79 Å². The summed E-state index contributed by atoms with van der Waals surface area (Å²) in [5, 5.41) is 6.72. The van der Waals surface area contributed by atoms with Gasteiger partial charge in [0.05, 0.1) is 6.54 Å². The Morgan fingerprint density at radius 2 is 1.55 bits per heavy atom. The molecular formula is C24H34N4O. The number of amides is 1. The highest BCUT2D eigenvalue weighted by atomic mass is 16.2. The Hall–Kier alpha value is -2.82. The van der Waals surface area contributed by atoms with Crippen molar-refractivity contribution in [3.8, 4) is 0 Å². The van der Waals surface area contributed by atoms with Crippen LogP contribution in [0.25, 0.3) is 0 Å². The second kappa shape index (κ2) is 11.9. The highest BCUT2D eigenvalue weighted by molar-refractivity contribution is 5.94. The van der Waals surface area contributed by atoms with E-state index in [1.54, 1.807) is 0 Å². The van der Waals surface area contributed by atoms with Crippen LogP contribution in [0.15, 0.2) is 53.5 Å². The summed E-state index contributed by atoms with van der Waals surface area (Å²) in [6.07, 6.45) is 1.02. The molecule has 2 N–H and O–H groups in total. The molecule has 0 spiro atoms. The minimum atomic E-state index is 0.0784. The molecule has 0 saturated heterocycles. The van der Waals surface area contributed by atoms with Crippen molar-refractivity contribution in [1.82, 2.24) is 15.5 Å². The summed E-state index contributed by atoms with van der Waals surface area (Å²) in [6, 6.07) is 16.2. The number of aryl methyl sites for hydroxylation is 1. The molecule has 0 bridgehead atoms. The zero-order valence-electron chi connectivity index (χ0n) is 18.2. The lowest BCUT2D eigenvalue weighted by atomic mass is 10.1. The molecule has 0 aromatic heterocycles. The van der Waals surface area contributed by atoms with E-state index in [1.807, 2.05) is 43.0 Å². The number of aliphatic imine (C=N–C) groups is 1. The van der Waals surface area contributed by atoms with Gasteiger partial charge in [0, 0.05) is 31.7 Å². The van der Waals surface area contributed by atoms with E-state index < -0.39 is 0 Å². The van der Waals surface area contributed by atoms with Crippen LogP contribution in [0.4, 0.5) is 0 Å². The molecule has 156 valence electrons. The molecule has 0 fully saturated rings. The van der Waals surface area contributed by atoms with Crippen LogP contribution >= 0.6 is 0 Å². The second-order valence-electron chi connectivity index (χ2n) is 6.85. The van der Waals surface area contributed by atoms with Crippen molar-refractivity contribution in [2.75, 3.05) is 19.6 Å². The number of rotatable bonds is 9. The fourth-order valence-electron chi connectivity index (χ4n) is 3.21. The van der Waals surface area contributed by atoms with Crippen LogP contribution in [0.5, 0.6) is 0 Å². The normalized spacial score (nSPS) is 11.2. The molecule has 1 amide bonds. The zero-order chi connectivity index (χ0) is 21.1. The van der Waals surface area contributed by atoms with Crippen molar-refractivity contribution in [2.24, 2.45) is 4.99 Å². The Balaban J connectivity index is 2.01. The van der Waals surface area contributed by atoms with E-state index in [2.05, 4.69) is 48.7 Å². The highest BCUT2D eigenvalue weighted by Crippen LogP contribution is 2.10.